The minimum atomic E-state index is -1.42. The molecule has 3 amide bonds. The van der Waals surface area contributed by atoms with Gasteiger partial charge in [0.2, 0.25) is 17.7 Å². The van der Waals surface area contributed by atoms with Crippen molar-refractivity contribution in [2.75, 3.05) is 6.54 Å². The molecule has 0 aromatic rings. The van der Waals surface area contributed by atoms with Crippen LogP contribution in [0.2, 0.25) is 0 Å². The topological polar surface area (TPSA) is 214 Å². The molecule has 0 heterocycles. The molecular weight excluding hydrogens is 410 g/mol. The third kappa shape index (κ3) is 11.3. The van der Waals surface area contributed by atoms with Crippen molar-refractivity contribution in [1.82, 2.24) is 16.0 Å². The van der Waals surface area contributed by atoms with Gasteiger partial charge in [-0.25, -0.2) is 4.79 Å². The molecule has 0 aromatic heterocycles. The number of carboxylic acid groups (broad SMARTS) is 2. The van der Waals surface area contributed by atoms with Gasteiger partial charge in [0.15, 0.2) is 0 Å². The van der Waals surface area contributed by atoms with E-state index in [-0.39, 0.29) is 12.8 Å². The number of carboxylic acids is 2. The van der Waals surface area contributed by atoms with Crippen LogP contribution in [0.1, 0.15) is 52.9 Å². The van der Waals surface area contributed by atoms with Crippen LogP contribution in [0.4, 0.5) is 0 Å². The van der Waals surface area contributed by atoms with E-state index >= 15 is 0 Å². The zero-order valence-electron chi connectivity index (χ0n) is 18.2. The molecule has 0 saturated heterocycles. The number of carbonyl (C=O) groups excluding carboxylic acids is 3. The Bertz CT molecular complexity index is 639. The van der Waals surface area contributed by atoms with Crippen molar-refractivity contribution in [3.05, 3.63) is 0 Å². The van der Waals surface area contributed by atoms with Crippen molar-refractivity contribution in [3.63, 3.8) is 0 Å². The average molecular weight is 446 g/mol. The van der Waals surface area contributed by atoms with E-state index in [0.29, 0.717) is 19.4 Å². The molecule has 0 radical (unpaired) electrons. The van der Waals surface area contributed by atoms with E-state index < -0.39 is 66.2 Å². The molecule has 0 aromatic carbocycles. The lowest BCUT2D eigenvalue weighted by Gasteiger charge is -2.27. The van der Waals surface area contributed by atoms with Gasteiger partial charge in [-0.15, -0.1) is 0 Å². The predicted octanol–water partition coefficient (Wildman–Crippen LogP) is -1.48. The fraction of sp³-hybridized carbons (Fsp3) is 0.737. The lowest BCUT2D eigenvalue weighted by Crippen LogP contribution is -2.58. The van der Waals surface area contributed by atoms with Crippen molar-refractivity contribution < 1.29 is 34.2 Å². The van der Waals surface area contributed by atoms with Crippen molar-refractivity contribution >= 4 is 29.7 Å². The Hall–Kier alpha value is -2.73. The van der Waals surface area contributed by atoms with Crippen LogP contribution in [0.5, 0.6) is 0 Å². The Morgan fingerprint density at radius 2 is 1.39 bits per heavy atom. The van der Waals surface area contributed by atoms with Gasteiger partial charge in [0.25, 0.3) is 0 Å². The summed E-state index contributed by atoms with van der Waals surface area (Å²) in [5.74, 6) is -4.89. The van der Waals surface area contributed by atoms with Crippen molar-refractivity contribution in [3.8, 4) is 0 Å². The van der Waals surface area contributed by atoms with Gasteiger partial charge in [0.1, 0.15) is 18.1 Å². The average Bonchev–Trinajstić information content (AvgIpc) is 2.67. The fourth-order valence-electron chi connectivity index (χ4n) is 2.64. The molecule has 9 N–H and O–H groups in total. The highest BCUT2D eigenvalue weighted by molar-refractivity contribution is 5.94. The highest BCUT2D eigenvalue weighted by atomic mass is 16.4. The molecule has 0 bridgehead atoms. The van der Waals surface area contributed by atoms with Crippen molar-refractivity contribution in [1.29, 1.82) is 0 Å². The van der Waals surface area contributed by atoms with Gasteiger partial charge in [-0.1, -0.05) is 13.8 Å². The number of nitrogens with one attached hydrogen (secondary N) is 3. The normalized spacial score (nSPS) is 14.8. The van der Waals surface area contributed by atoms with E-state index in [9.17, 15) is 29.1 Å². The van der Waals surface area contributed by atoms with Crippen LogP contribution in [0.25, 0.3) is 0 Å². The fourth-order valence-corrected chi connectivity index (χ4v) is 2.64. The maximum absolute atomic E-state index is 12.8. The molecule has 12 heteroatoms. The van der Waals surface area contributed by atoms with Crippen LogP contribution in [0, 0.1) is 5.92 Å². The van der Waals surface area contributed by atoms with E-state index in [0.717, 1.165) is 0 Å². The molecule has 0 saturated carbocycles. The smallest absolute Gasteiger partial charge is 0.326 e. The summed E-state index contributed by atoms with van der Waals surface area (Å²) in [4.78, 5) is 59.4. The Morgan fingerprint density at radius 3 is 1.84 bits per heavy atom. The van der Waals surface area contributed by atoms with E-state index in [1.54, 1.807) is 13.8 Å². The van der Waals surface area contributed by atoms with Crippen LogP contribution in [-0.4, -0.2) is 70.6 Å². The van der Waals surface area contributed by atoms with Crippen molar-refractivity contribution in [2.45, 2.75) is 77.0 Å². The summed E-state index contributed by atoms with van der Waals surface area (Å²) in [5, 5.41) is 25.3. The van der Waals surface area contributed by atoms with Gasteiger partial charge in [-0.3, -0.25) is 19.2 Å². The zero-order chi connectivity index (χ0) is 24.1. The molecule has 178 valence electrons. The number of carbonyl (C=O) groups is 5. The van der Waals surface area contributed by atoms with Gasteiger partial charge < -0.3 is 37.6 Å². The highest BCUT2D eigenvalue weighted by Gasteiger charge is 2.31. The number of amides is 3. The minimum absolute atomic E-state index is 0.282. The number of aliphatic carboxylic acids is 2. The zero-order valence-corrected chi connectivity index (χ0v) is 18.2. The minimum Gasteiger partial charge on any atom is -0.481 e. The summed E-state index contributed by atoms with van der Waals surface area (Å²) in [7, 11) is 0. The maximum atomic E-state index is 12.8. The SMILES string of the molecule is CC(N)C(=O)NC(CCCCN)C(=O)NC(C(=O)NC(CCC(=O)O)C(=O)O)C(C)C. The van der Waals surface area contributed by atoms with E-state index in [4.69, 9.17) is 16.6 Å². The highest BCUT2D eigenvalue weighted by Crippen LogP contribution is 2.08. The van der Waals surface area contributed by atoms with Crippen LogP contribution in [0.15, 0.2) is 0 Å². The van der Waals surface area contributed by atoms with Crippen molar-refractivity contribution in [2.24, 2.45) is 17.4 Å². The first-order chi connectivity index (χ1) is 14.4. The maximum Gasteiger partial charge on any atom is 0.326 e. The lowest BCUT2D eigenvalue weighted by molar-refractivity contribution is -0.143. The van der Waals surface area contributed by atoms with Crippen LogP contribution >= 0.6 is 0 Å². The van der Waals surface area contributed by atoms with Gasteiger partial charge in [-0.05, 0) is 45.1 Å². The number of nitrogens with two attached hydrogens (primary N) is 2. The number of hydrogen-bond donors (Lipinski definition) is 7. The molecule has 12 nitrogen and oxygen atoms in total. The molecular formula is C19H35N5O7. The number of rotatable bonds is 15. The van der Waals surface area contributed by atoms with Crippen LogP contribution in [-0.2, 0) is 24.0 Å². The molecule has 0 aliphatic rings. The molecule has 0 fully saturated rings. The molecule has 0 aliphatic carbocycles. The van der Waals surface area contributed by atoms with Gasteiger partial charge >= 0.3 is 11.9 Å². The summed E-state index contributed by atoms with van der Waals surface area (Å²) >= 11 is 0. The van der Waals surface area contributed by atoms with Gasteiger partial charge in [0, 0.05) is 6.42 Å². The van der Waals surface area contributed by atoms with Crippen LogP contribution in [0.3, 0.4) is 0 Å². The molecule has 0 spiro atoms. The Labute approximate surface area is 181 Å². The second-order valence-corrected chi connectivity index (χ2v) is 7.70. The Morgan fingerprint density at radius 1 is 0.806 bits per heavy atom. The summed E-state index contributed by atoms with van der Waals surface area (Å²) in [5.41, 5.74) is 11.0. The monoisotopic (exact) mass is 445 g/mol. The largest absolute Gasteiger partial charge is 0.481 e. The molecule has 4 atom stereocenters. The Balaban J connectivity index is 5.31. The summed E-state index contributed by atoms with van der Waals surface area (Å²) in [6.45, 7) is 5.19. The van der Waals surface area contributed by atoms with E-state index in [1.807, 2.05) is 0 Å². The van der Waals surface area contributed by atoms with E-state index in [1.165, 1.54) is 6.92 Å². The second-order valence-electron chi connectivity index (χ2n) is 7.70. The first-order valence-electron chi connectivity index (χ1n) is 10.2. The third-order valence-corrected chi connectivity index (χ3v) is 4.50. The van der Waals surface area contributed by atoms with Gasteiger partial charge in [-0.2, -0.15) is 0 Å². The van der Waals surface area contributed by atoms with Gasteiger partial charge in [0.05, 0.1) is 6.04 Å². The standard InChI is InChI=1S/C19H35N5O7/c1-10(2)15(18(29)23-13(19(30)31)7-8-14(25)26)24-17(28)12(6-4-5-9-20)22-16(27)11(3)21/h10-13,15H,4-9,20-21H2,1-3H3,(H,22,27)(H,23,29)(H,24,28)(H,25,26)(H,30,31). The Kier molecular flexibility index (Phi) is 13.0. The molecule has 31 heavy (non-hydrogen) atoms. The third-order valence-electron chi connectivity index (χ3n) is 4.50. The second kappa shape index (κ2) is 14.3. The summed E-state index contributed by atoms with van der Waals surface area (Å²) < 4.78 is 0. The van der Waals surface area contributed by atoms with E-state index in [2.05, 4.69) is 16.0 Å². The number of unbranched alkanes of at least 4 members (excludes halogenated alkanes) is 1. The first-order valence-corrected chi connectivity index (χ1v) is 10.2. The first kappa shape index (κ1) is 28.3. The van der Waals surface area contributed by atoms with Crippen LogP contribution < -0.4 is 27.4 Å². The predicted molar refractivity (Wildman–Crippen MR) is 112 cm³/mol. The quantitative estimate of drug-likeness (QED) is 0.146. The summed E-state index contributed by atoms with van der Waals surface area (Å²) in [6, 6.07) is -4.29. The number of hydrogen-bond acceptors (Lipinski definition) is 7. The lowest BCUT2D eigenvalue weighted by atomic mass is 10.0. The molecule has 0 rings (SSSR count). The molecule has 4 unspecified atom stereocenters. The summed E-state index contributed by atoms with van der Waals surface area (Å²) in [6.07, 6.45) is 0.729. The molecule has 0 aliphatic heterocycles.